The van der Waals surface area contributed by atoms with E-state index in [-0.39, 0.29) is 52.2 Å². The number of hydrogen-bond donors (Lipinski definition) is 2. The lowest BCUT2D eigenvalue weighted by atomic mass is 9.75. The van der Waals surface area contributed by atoms with Crippen LogP contribution < -0.4 is 19.1 Å². The molecule has 13 nitrogen and oxygen atoms in total. The second kappa shape index (κ2) is 15.7. The minimum atomic E-state index is -3.64. The lowest BCUT2D eigenvalue weighted by molar-refractivity contribution is -0.0249. The summed E-state index contributed by atoms with van der Waals surface area (Å²) < 4.78 is 46.6. The fourth-order valence-corrected chi connectivity index (χ4v) is 7.68. The zero-order chi connectivity index (χ0) is 38.7. The van der Waals surface area contributed by atoms with Crippen LogP contribution in [0.4, 0.5) is 27.5 Å². The van der Waals surface area contributed by atoms with Gasteiger partial charge in [-0.15, -0.1) is 0 Å². The van der Waals surface area contributed by atoms with Crippen LogP contribution in [-0.4, -0.2) is 53.5 Å². The molecule has 0 aliphatic heterocycles. The van der Waals surface area contributed by atoms with Crippen molar-refractivity contribution in [2.24, 2.45) is 17.8 Å². The third kappa shape index (κ3) is 8.06. The van der Waals surface area contributed by atoms with E-state index in [9.17, 15) is 18.0 Å². The first-order valence-electron chi connectivity index (χ1n) is 17.9. The van der Waals surface area contributed by atoms with Gasteiger partial charge < -0.3 is 14.2 Å². The molecule has 0 bridgehead atoms. The summed E-state index contributed by atoms with van der Waals surface area (Å²) in [5.41, 5.74) is 1.16. The van der Waals surface area contributed by atoms with Crippen LogP contribution in [0.3, 0.4) is 0 Å². The Hall–Kier alpha value is -5.81. The fourth-order valence-electron chi connectivity index (χ4n) is 7.13. The highest BCUT2D eigenvalue weighted by molar-refractivity contribution is 7.92. The summed E-state index contributed by atoms with van der Waals surface area (Å²) in [6.45, 7) is 18.4. The van der Waals surface area contributed by atoms with Crippen LogP contribution in [0.1, 0.15) is 64.2 Å². The molecule has 282 valence electrons. The molecular formula is C40H44N6O7S. The van der Waals surface area contributed by atoms with Gasteiger partial charge in [0.1, 0.15) is 17.4 Å². The zero-order valence-electron chi connectivity index (χ0n) is 31.1. The Morgan fingerprint density at radius 2 is 1.63 bits per heavy atom. The number of benzene rings is 3. The number of fused-ring (bicyclic) bond motifs is 1. The summed E-state index contributed by atoms with van der Waals surface area (Å²) in [5, 5.41) is 3.10. The van der Waals surface area contributed by atoms with Crippen LogP contribution in [-0.2, 0) is 14.8 Å². The van der Waals surface area contributed by atoms with Crippen LogP contribution >= 0.6 is 0 Å². The first-order valence-corrected chi connectivity index (χ1v) is 19.8. The van der Waals surface area contributed by atoms with Gasteiger partial charge in [0.2, 0.25) is 15.9 Å². The van der Waals surface area contributed by atoms with Crippen molar-refractivity contribution in [2.75, 3.05) is 15.9 Å². The molecule has 14 heteroatoms. The Kier molecular flexibility index (Phi) is 11.0. The van der Waals surface area contributed by atoms with E-state index >= 15 is 0 Å². The van der Waals surface area contributed by atoms with Crippen molar-refractivity contribution >= 4 is 50.5 Å². The van der Waals surface area contributed by atoms with Crippen molar-refractivity contribution in [2.45, 2.75) is 66.1 Å². The van der Waals surface area contributed by atoms with Gasteiger partial charge in [-0.05, 0) is 86.4 Å². The molecule has 0 saturated heterocycles. The van der Waals surface area contributed by atoms with Crippen LogP contribution in [0, 0.1) is 24.3 Å². The van der Waals surface area contributed by atoms with Crippen LogP contribution in [0.25, 0.3) is 21.9 Å². The predicted octanol–water partition coefficient (Wildman–Crippen LogP) is 8.99. The van der Waals surface area contributed by atoms with Crippen molar-refractivity contribution in [1.82, 2.24) is 14.6 Å². The summed E-state index contributed by atoms with van der Waals surface area (Å²) in [4.78, 5) is 38.4. The van der Waals surface area contributed by atoms with Crippen LogP contribution in [0.5, 0.6) is 11.6 Å². The molecule has 6 rings (SSSR count). The maximum Gasteiger partial charge on any atom is 0.424 e. The van der Waals surface area contributed by atoms with Crippen molar-refractivity contribution in [3.63, 3.8) is 0 Å². The molecule has 2 N–H and O–H groups in total. The molecule has 1 aliphatic carbocycles. The van der Waals surface area contributed by atoms with E-state index in [1.807, 2.05) is 39.8 Å². The molecule has 1 fully saturated rings. The Balaban J connectivity index is 1.52. The van der Waals surface area contributed by atoms with Crippen LogP contribution in [0.15, 0.2) is 78.9 Å². The molecule has 3 aromatic carbocycles. The van der Waals surface area contributed by atoms with Crippen molar-refractivity contribution in [3.8, 4) is 23.0 Å². The van der Waals surface area contributed by atoms with Crippen molar-refractivity contribution in [1.29, 1.82) is 0 Å². The number of ether oxygens (including phenoxy) is 3. The highest BCUT2D eigenvalue weighted by atomic mass is 32.2. The normalized spacial score (nSPS) is 19.1. The van der Waals surface area contributed by atoms with Gasteiger partial charge in [0.15, 0.2) is 11.5 Å². The molecule has 3 unspecified atom stereocenters. The summed E-state index contributed by atoms with van der Waals surface area (Å²) in [6.07, 6.45) is 2.01. The van der Waals surface area contributed by atoms with E-state index in [1.54, 1.807) is 66.7 Å². The smallest absolute Gasteiger partial charge is 0.424 e. The molecule has 2 aromatic heterocycles. The van der Waals surface area contributed by atoms with Crippen LogP contribution in [0.2, 0.25) is 0 Å². The summed E-state index contributed by atoms with van der Waals surface area (Å²) in [6, 6.07) is 22.5. The Morgan fingerprint density at radius 3 is 2.19 bits per heavy atom. The maximum atomic E-state index is 14.3. The third-order valence-electron chi connectivity index (χ3n) is 9.58. The maximum absolute atomic E-state index is 14.3. The number of carbonyl (C=O) groups is 2. The second-order valence-corrected chi connectivity index (χ2v) is 15.8. The number of carbonyl (C=O) groups excluding carboxylic acids is 2. The highest BCUT2D eigenvalue weighted by Gasteiger charge is 2.38. The molecule has 1 aliphatic rings. The van der Waals surface area contributed by atoms with Gasteiger partial charge in [-0.2, -0.15) is 0 Å². The summed E-state index contributed by atoms with van der Waals surface area (Å²) >= 11 is 0. The zero-order valence-corrected chi connectivity index (χ0v) is 31.9. The fraction of sp³-hybridized carbons (Fsp3) is 0.350. The molecule has 1 saturated carbocycles. The molecule has 54 heavy (non-hydrogen) atoms. The molecule has 3 atom stereocenters. The molecule has 0 radical (unpaired) electrons. The first-order chi connectivity index (χ1) is 25.8. The highest BCUT2D eigenvalue weighted by Crippen LogP contribution is 2.43. The average molecular weight is 753 g/mol. The lowest BCUT2D eigenvalue weighted by Crippen LogP contribution is -2.37. The quantitative estimate of drug-likeness (QED) is 0.100. The number of amides is 1. The van der Waals surface area contributed by atoms with Gasteiger partial charge >= 0.3 is 12.1 Å². The number of rotatable bonds is 11. The van der Waals surface area contributed by atoms with Gasteiger partial charge in [-0.25, -0.2) is 37.3 Å². The number of aromatic amines is 1. The topological polar surface area (TPSA) is 149 Å². The molecule has 2 heterocycles. The standard InChI is InChI=1S/C40H44N6O7S/c1-8-27(5)51-32-20-19-28(44-54(7,49)50)23-31(32)36-42-37-33(39(47)52-35-25(3)21-24(2)22-26(35)4)34(41-6)38(46(37)43-36)53-40(48)45(29-15-11-9-12-16-29)30-17-13-10-14-18-30/h9-20,23-27,35,44H,8,21-22H2,1-5,7H3,(H,42,43). The number of nitrogens with zero attached hydrogens (tertiary/aromatic N) is 4. The largest absolute Gasteiger partial charge is 0.490 e. The monoisotopic (exact) mass is 752 g/mol. The number of anilines is 3. The molecular weight excluding hydrogens is 709 g/mol. The van der Waals surface area contributed by atoms with Gasteiger partial charge in [0.25, 0.3) is 5.69 Å². The molecule has 0 spiro atoms. The van der Waals surface area contributed by atoms with Gasteiger partial charge in [-0.3, -0.25) is 9.82 Å². The van der Waals surface area contributed by atoms with Gasteiger partial charge in [0, 0.05) is 5.69 Å². The lowest BCUT2D eigenvalue weighted by Gasteiger charge is -2.37. The number of H-pyrrole nitrogens is 1. The second-order valence-electron chi connectivity index (χ2n) is 14.1. The van der Waals surface area contributed by atoms with Crippen molar-refractivity contribution < 1.29 is 32.2 Å². The number of nitrogens with one attached hydrogen (secondary N) is 2. The third-order valence-corrected chi connectivity index (χ3v) is 10.2. The molecule has 5 aromatic rings. The Bertz CT molecular complexity index is 2250. The summed E-state index contributed by atoms with van der Waals surface area (Å²) in [5.74, 6) is 0.104. The van der Waals surface area contributed by atoms with Gasteiger partial charge in [0.05, 0.1) is 35.9 Å². The first kappa shape index (κ1) is 37.9. The number of para-hydroxylation sites is 2. The molecule has 1 amide bonds. The predicted molar refractivity (Wildman–Crippen MR) is 207 cm³/mol. The van der Waals surface area contributed by atoms with E-state index in [1.165, 1.54) is 9.42 Å². The number of sulfonamides is 1. The average Bonchev–Trinajstić information content (AvgIpc) is 3.68. The number of esters is 1. The Morgan fingerprint density at radius 1 is 1.02 bits per heavy atom. The Labute approximate surface area is 315 Å². The van der Waals surface area contributed by atoms with Crippen molar-refractivity contribution in [3.05, 3.63) is 95.8 Å². The minimum absolute atomic E-state index is 0.0183. The number of aromatic nitrogens is 3. The van der Waals surface area contributed by atoms with E-state index in [0.717, 1.165) is 19.1 Å². The SMILES string of the molecule is [C-]#[N+]c1c(C(=O)OC2C(C)CC(C)CC2C)c2nc(-c3cc(NS(C)(=O)=O)ccc3OC(C)CC)[nH]n2c1OC(=O)N(c1ccccc1)c1ccccc1. The summed E-state index contributed by atoms with van der Waals surface area (Å²) in [7, 11) is -3.64. The van der Waals surface area contributed by atoms with E-state index in [4.69, 9.17) is 25.8 Å². The van der Waals surface area contributed by atoms with E-state index < -0.39 is 28.2 Å². The minimum Gasteiger partial charge on any atom is -0.490 e. The van der Waals surface area contributed by atoms with E-state index in [0.29, 0.717) is 35.0 Å². The van der Waals surface area contributed by atoms with Gasteiger partial charge in [-0.1, -0.05) is 64.1 Å². The number of hydrogen-bond acceptors (Lipinski definition) is 8. The van der Waals surface area contributed by atoms with E-state index in [2.05, 4.69) is 21.6 Å².